The third-order valence-electron chi connectivity index (χ3n) is 3.35. The van der Waals surface area contributed by atoms with Gasteiger partial charge in [-0.15, -0.1) is 0 Å². The highest BCUT2D eigenvalue weighted by molar-refractivity contribution is 5.58. The number of aryl methyl sites for hydroxylation is 1. The highest BCUT2D eigenvalue weighted by Crippen LogP contribution is 2.30. The Labute approximate surface area is 111 Å². The highest BCUT2D eigenvalue weighted by Gasteiger charge is 2.43. The second kappa shape index (κ2) is 4.68. The second-order valence-electron chi connectivity index (χ2n) is 4.89. The van der Waals surface area contributed by atoms with E-state index in [1.165, 1.54) is 0 Å². The molecule has 0 saturated carbocycles. The minimum Gasteiger partial charge on any atom is -0.395 e. The predicted molar refractivity (Wildman–Crippen MR) is 69.6 cm³/mol. The van der Waals surface area contributed by atoms with Crippen LogP contribution in [0.5, 0.6) is 0 Å². The van der Waals surface area contributed by atoms with Gasteiger partial charge in [-0.1, -0.05) is 0 Å². The number of rotatable bonds is 3. The molecule has 0 bridgehead atoms. The summed E-state index contributed by atoms with van der Waals surface area (Å²) in [6.45, 7) is 2.87. The van der Waals surface area contributed by atoms with Gasteiger partial charge < -0.3 is 9.84 Å². The lowest BCUT2D eigenvalue weighted by atomic mass is 9.85. The Balaban J connectivity index is 2.06. The summed E-state index contributed by atoms with van der Waals surface area (Å²) in [5.41, 5.74) is 2.21. The van der Waals surface area contributed by atoms with Gasteiger partial charge >= 0.3 is 0 Å². The largest absolute Gasteiger partial charge is 0.395 e. The van der Waals surface area contributed by atoms with Gasteiger partial charge in [-0.3, -0.25) is 4.98 Å². The molecule has 5 nitrogen and oxygen atoms in total. The van der Waals surface area contributed by atoms with Crippen LogP contribution in [0.1, 0.15) is 11.5 Å². The molecule has 1 aliphatic heterocycles. The Kier molecular flexibility index (Phi) is 3.00. The maximum absolute atomic E-state index is 9.57. The van der Waals surface area contributed by atoms with Crippen LogP contribution < -0.4 is 0 Å². The normalized spacial score (nSPS) is 16.9. The van der Waals surface area contributed by atoms with Crippen LogP contribution in [0.2, 0.25) is 0 Å². The molecule has 0 radical (unpaired) electrons. The van der Waals surface area contributed by atoms with Crippen LogP contribution in [-0.2, 0) is 10.2 Å². The van der Waals surface area contributed by atoms with E-state index >= 15 is 0 Å². The van der Waals surface area contributed by atoms with E-state index in [2.05, 4.69) is 15.0 Å². The number of aliphatic hydroxyl groups excluding tert-OH is 1. The summed E-state index contributed by atoms with van der Waals surface area (Å²) >= 11 is 0. The van der Waals surface area contributed by atoms with E-state index in [4.69, 9.17) is 4.74 Å². The summed E-state index contributed by atoms with van der Waals surface area (Å²) in [6, 6.07) is 5.76. The van der Waals surface area contributed by atoms with Gasteiger partial charge in [0.25, 0.3) is 0 Å². The molecule has 0 aliphatic carbocycles. The molecule has 3 rings (SSSR count). The molecule has 2 aromatic heterocycles. The quantitative estimate of drug-likeness (QED) is 0.892. The fourth-order valence-electron chi connectivity index (χ4n) is 2.11. The highest BCUT2D eigenvalue weighted by atomic mass is 16.5. The Hall–Kier alpha value is -1.85. The molecule has 3 heterocycles. The van der Waals surface area contributed by atoms with Crippen molar-refractivity contribution in [3.8, 4) is 11.3 Å². The predicted octanol–water partition coefficient (Wildman–Crippen LogP) is 1.11. The van der Waals surface area contributed by atoms with Gasteiger partial charge in [0, 0.05) is 23.7 Å². The van der Waals surface area contributed by atoms with Gasteiger partial charge in [-0.2, -0.15) is 0 Å². The van der Waals surface area contributed by atoms with E-state index in [1.807, 2.05) is 25.1 Å². The standard InChI is InChI=1S/C14H15N3O2/c1-10-5-12(11-3-2-4-15-6-11)17-13(16-10)14(7-18)8-19-9-14/h2-6,18H,7-9H2,1H3. The molecule has 5 heteroatoms. The molecule has 1 fully saturated rings. The molecule has 1 saturated heterocycles. The summed E-state index contributed by atoms with van der Waals surface area (Å²) in [5, 5.41) is 9.57. The van der Waals surface area contributed by atoms with Crippen molar-refractivity contribution in [2.45, 2.75) is 12.3 Å². The smallest absolute Gasteiger partial charge is 0.142 e. The third kappa shape index (κ3) is 2.11. The first kappa shape index (κ1) is 12.2. The lowest BCUT2D eigenvalue weighted by Gasteiger charge is -2.38. The lowest BCUT2D eigenvalue weighted by Crippen LogP contribution is -2.51. The van der Waals surface area contributed by atoms with Crippen LogP contribution in [0.4, 0.5) is 0 Å². The van der Waals surface area contributed by atoms with Gasteiger partial charge in [0.2, 0.25) is 0 Å². The zero-order chi connectivity index (χ0) is 13.3. The van der Waals surface area contributed by atoms with E-state index in [-0.39, 0.29) is 6.61 Å². The van der Waals surface area contributed by atoms with Crippen LogP contribution in [0.25, 0.3) is 11.3 Å². The number of hydrogen-bond acceptors (Lipinski definition) is 5. The van der Waals surface area contributed by atoms with E-state index in [0.717, 1.165) is 17.0 Å². The first-order chi connectivity index (χ1) is 9.23. The van der Waals surface area contributed by atoms with Crippen LogP contribution in [0.15, 0.2) is 30.6 Å². The van der Waals surface area contributed by atoms with Crippen molar-refractivity contribution >= 4 is 0 Å². The average Bonchev–Trinajstić information content (AvgIpc) is 2.39. The van der Waals surface area contributed by atoms with Crippen LogP contribution in [0.3, 0.4) is 0 Å². The molecule has 0 spiro atoms. The van der Waals surface area contributed by atoms with Gasteiger partial charge in [-0.25, -0.2) is 9.97 Å². The topological polar surface area (TPSA) is 68.1 Å². The number of nitrogens with zero attached hydrogens (tertiary/aromatic N) is 3. The number of aliphatic hydroxyl groups is 1. The number of aromatic nitrogens is 3. The summed E-state index contributed by atoms with van der Waals surface area (Å²) in [4.78, 5) is 13.1. The number of hydrogen-bond donors (Lipinski definition) is 1. The van der Waals surface area contributed by atoms with Crippen LogP contribution >= 0.6 is 0 Å². The zero-order valence-corrected chi connectivity index (χ0v) is 10.7. The Morgan fingerprint density at radius 2 is 2.21 bits per heavy atom. The number of ether oxygens (including phenoxy) is 1. The molecule has 0 amide bonds. The fourth-order valence-corrected chi connectivity index (χ4v) is 2.11. The molecule has 19 heavy (non-hydrogen) atoms. The van der Waals surface area contributed by atoms with E-state index in [9.17, 15) is 5.11 Å². The van der Waals surface area contributed by atoms with Crippen molar-refractivity contribution in [2.75, 3.05) is 19.8 Å². The molecule has 0 aromatic carbocycles. The summed E-state index contributed by atoms with van der Waals surface area (Å²) in [5.74, 6) is 0.653. The molecule has 0 atom stereocenters. The lowest BCUT2D eigenvalue weighted by molar-refractivity contribution is -0.0884. The maximum atomic E-state index is 9.57. The van der Waals surface area contributed by atoms with Gasteiger partial charge in [0.15, 0.2) is 0 Å². The van der Waals surface area contributed by atoms with Crippen molar-refractivity contribution in [1.82, 2.24) is 15.0 Å². The van der Waals surface area contributed by atoms with Crippen molar-refractivity contribution in [1.29, 1.82) is 0 Å². The molecule has 2 aromatic rings. The second-order valence-corrected chi connectivity index (χ2v) is 4.89. The molecule has 98 valence electrons. The van der Waals surface area contributed by atoms with Crippen molar-refractivity contribution in [2.24, 2.45) is 0 Å². The minimum atomic E-state index is -0.441. The molecular weight excluding hydrogens is 242 g/mol. The average molecular weight is 257 g/mol. The van der Waals surface area contributed by atoms with Crippen LogP contribution in [0, 0.1) is 6.92 Å². The van der Waals surface area contributed by atoms with Gasteiger partial charge in [0.05, 0.1) is 30.9 Å². The van der Waals surface area contributed by atoms with E-state index in [1.54, 1.807) is 12.4 Å². The zero-order valence-electron chi connectivity index (χ0n) is 10.7. The molecular formula is C14H15N3O2. The van der Waals surface area contributed by atoms with E-state index < -0.39 is 5.41 Å². The number of pyridine rings is 1. The fraction of sp³-hybridized carbons (Fsp3) is 0.357. The van der Waals surface area contributed by atoms with Crippen LogP contribution in [-0.4, -0.2) is 39.9 Å². The van der Waals surface area contributed by atoms with Crippen molar-refractivity contribution in [3.05, 3.63) is 42.1 Å². The molecule has 0 unspecified atom stereocenters. The summed E-state index contributed by atoms with van der Waals surface area (Å²) in [7, 11) is 0. The first-order valence-corrected chi connectivity index (χ1v) is 6.19. The van der Waals surface area contributed by atoms with Crippen molar-refractivity contribution < 1.29 is 9.84 Å². The van der Waals surface area contributed by atoms with Crippen molar-refractivity contribution in [3.63, 3.8) is 0 Å². The SMILES string of the molecule is Cc1cc(-c2cccnc2)nc(C2(CO)COC2)n1. The Morgan fingerprint density at radius 3 is 2.79 bits per heavy atom. The van der Waals surface area contributed by atoms with E-state index in [0.29, 0.717) is 19.0 Å². The summed E-state index contributed by atoms with van der Waals surface area (Å²) < 4.78 is 5.22. The van der Waals surface area contributed by atoms with Gasteiger partial charge in [-0.05, 0) is 25.1 Å². The summed E-state index contributed by atoms with van der Waals surface area (Å²) in [6.07, 6.45) is 3.50. The Morgan fingerprint density at radius 1 is 1.37 bits per heavy atom. The third-order valence-corrected chi connectivity index (χ3v) is 3.35. The monoisotopic (exact) mass is 257 g/mol. The molecule has 1 N–H and O–H groups in total. The minimum absolute atomic E-state index is 0.00291. The first-order valence-electron chi connectivity index (χ1n) is 6.19. The Bertz CT molecular complexity index is 577. The van der Waals surface area contributed by atoms with Gasteiger partial charge in [0.1, 0.15) is 5.82 Å². The maximum Gasteiger partial charge on any atom is 0.142 e. The molecule has 1 aliphatic rings.